The predicted octanol–water partition coefficient (Wildman–Crippen LogP) is 0.878. The maximum atomic E-state index is 8.86. The van der Waals surface area contributed by atoms with Crippen LogP contribution in [0.5, 0.6) is 11.5 Å². The number of ether oxygens (including phenoxy) is 2. The maximum absolute atomic E-state index is 8.86. The second-order valence-corrected chi connectivity index (χ2v) is 4.06. The molecule has 0 fully saturated rings. The van der Waals surface area contributed by atoms with Gasteiger partial charge in [-0.05, 0) is 18.2 Å². The van der Waals surface area contributed by atoms with Gasteiger partial charge >= 0.3 is 0 Å². The molecule has 0 unspecified atom stereocenters. The summed E-state index contributed by atoms with van der Waals surface area (Å²) in [6, 6.07) is 5.62. The van der Waals surface area contributed by atoms with Crippen molar-refractivity contribution in [3.05, 3.63) is 35.7 Å². The highest BCUT2D eigenvalue weighted by molar-refractivity contribution is 5.40. The van der Waals surface area contributed by atoms with Gasteiger partial charge in [0.05, 0.1) is 26.5 Å². The van der Waals surface area contributed by atoms with Crippen molar-refractivity contribution in [1.29, 1.82) is 0 Å². The summed E-state index contributed by atoms with van der Waals surface area (Å²) in [6.07, 6.45) is 2.32. The van der Waals surface area contributed by atoms with E-state index >= 15 is 0 Å². The Morgan fingerprint density at radius 3 is 2.79 bits per heavy atom. The lowest BCUT2D eigenvalue weighted by Gasteiger charge is -2.10. The fourth-order valence-corrected chi connectivity index (χ4v) is 1.82. The highest BCUT2D eigenvalue weighted by atomic mass is 16.5. The van der Waals surface area contributed by atoms with Crippen LogP contribution < -0.4 is 9.47 Å². The molecular formula is C13H17N3O3. The van der Waals surface area contributed by atoms with Gasteiger partial charge in [-0.15, -0.1) is 5.10 Å². The number of aromatic nitrogens is 3. The molecule has 0 atom stereocenters. The minimum Gasteiger partial charge on any atom is -0.497 e. The van der Waals surface area contributed by atoms with Gasteiger partial charge in [0.25, 0.3) is 0 Å². The van der Waals surface area contributed by atoms with E-state index in [4.69, 9.17) is 14.6 Å². The van der Waals surface area contributed by atoms with Crippen LogP contribution in [-0.4, -0.2) is 40.9 Å². The first-order valence-corrected chi connectivity index (χ1v) is 5.97. The van der Waals surface area contributed by atoms with Gasteiger partial charge in [-0.1, -0.05) is 5.21 Å². The molecule has 0 saturated heterocycles. The topological polar surface area (TPSA) is 69.4 Å². The van der Waals surface area contributed by atoms with E-state index in [1.165, 1.54) is 0 Å². The lowest BCUT2D eigenvalue weighted by Crippen LogP contribution is -2.03. The van der Waals surface area contributed by atoms with Crippen molar-refractivity contribution >= 4 is 0 Å². The summed E-state index contributed by atoms with van der Waals surface area (Å²) in [4.78, 5) is 0. The van der Waals surface area contributed by atoms with E-state index in [9.17, 15) is 0 Å². The molecule has 2 rings (SSSR count). The van der Waals surface area contributed by atoms with Gasteiger partial charge in [0.1, 0.15) is 11.5 Å². The molecule has 2 aromatic rings. The van der Waals surface area contributed by atoms with Gasteiger partial charge in [-0.3, -0.25) is 0 Å². The molecule has 1 aromatic heterocycles. The van der Waals surface area contributed by atoms with Crippen molar-refractivity contribution in [2.24, 2.45) is 0 Å². The van der Waals surface area contributed by atoms with Crippen LogP contribution >= 0.6 is 0 Å². The third kappa shape index (κ3) is 3.23. The average molecular weight is 263 g/mol. The quantitative estimate of drug-likeness (QED) is 0.837. The minimum atomic E-state index is 0.0706. The summed E-state index contributed by atoms with van der Waals surface area (Å²) in [5.74, 6) is 1.55. The molecule has 6 nitrogen and oxygen atoms in total. The summed E-state index contributed by atoms with van der Waals surface area (Å²) < 4.78 is 12.2. The smallest absolute Gasteiger partial charge is 0.124 e. The van der Waals surface area contributed by atoms with E-state index in [1.54, 1.807) is 18.9 Å². The Labute approximate surface area is 111 Å². The second kappa shape index (κ2) is 6.19. The Kier molecular flexibility index (Phi) is 4.35. The molecule has 0 amide bonds. The maximum Gasteiger partial charge on any atom is 0.124 e. The standard InChI is InChI=1S/C13H17N3O3/c1-18-12-3-4-13(19-2)10(7-12)8-16-9-11(5-6-17)14-15-16/h3-4,7,9,17H,5-6,8H2,1-2H3. The fraction of sp³-hybridized carbons (Fsp3) is 0.385. The second-order valence-electron chi connectivity index (χ2n) is 4.06. The van der Waals surface area contributed by atoms with Crippen molar-refractivity contribution in [2.75, 3.05) is 20.8 Å². The molecular weight excluding hydrogens is 246 g/mol. The lowest BCUT2D eigenvalue weighted by molar-refractivity contribution is 0.298. The molecule has 6 heteroatoms. The van der Waals surface area contributed by atoms with Crippen LogP contribution in [0.15, 0.2) is 24.4 Å². The minimum absolute atomic E-state index is 0.0706. The molecule has 1 aromatic carbocycles. The van der Waals surface area contributed by atoms with Crippen molar-refractivity contribution in [3.8, 4) is 11.5 Å². The highest BCUT2D eigenvalue weighted by Gasteiger charge is 2.07. The average Bonchev–Trinajstić information content (AvgIpc) is 2.86. The molecule has 0 aliphatic carbocycles. The molecule has 0 aliphatic rings. The summed E-state index contributed by atoms with van der Waals surface area (Å²) in [6.45, 7) is 0.611. The first kappa shape index (κ1) is 13.4. The number of rotatable bonds is 6. The monoisotopic (exact) mass is 263 g/mol. The van der Waals surface area contributed by atoms with E-state index in [0.29, 0.717) is 13.0 Å². The van der Waals surface area contributed by atoms with Crippen LogP contribution in [0.3, 0.4) is 0 Å². The van der Waals surface area contributed by atoms with Gasteiger partial charge in [0.15, 0.2) is 0 Å². The Morgan fingerprint density at radius 2 is 2.11 bits per heavy atom. The van der Waals surface area contributed by atoms with E-state index in [2.05, 4.69) is 10.3 Å². The molecule has 19 heavy (non-hydrogen) atoms. The molecule has 0 aliphatic heterocycles. The highest BCUT2D eigenvalue weighted by Crippen LogP contribution is 2.24. The normalized spacial score (nSPS) is 10.5. The van der Waals surface area contributed by atoms with Gasteiger partial charge < -0.3 is 14.6 Å². The molecule has 1 N–H and O–H groups in total. The van der Waals surface area contributed by atoms with Crippen LogP contribution in [0.25, 0.3) is 0 Å². The summed E-state index contributed by atoms with van der Waals surface area (Å²) in [7, 11) is 3.25. The Hall–Kier alpha value is -2.08. The molecule has 0 spiro atoms. The molecule has 1 heterocycles. The zero-order valence-corrected chi connectivity index (χ0v) is 11.0. The van der Waals surface area contributed by atoms with Crippen LogP contribution in [-0.2, 0) is 13.0 Å². The van der Waals surface area contributed by atoms with Crippen LogP contribution in [0.1, 0.15) is 11.3 Å². The zero-order chi connectivity index (χ0) is 13.7. The Bertz CT molecular complexity index is 540. The SMILES string of the molecule is COc1ccc(OC)c(Cn2cc(CCO)nn2)c1. The third-order valence-electron chi connectivity index (χ3n) is 2.77. The fourth-order valence-electron chi connectivity index (χ4n) is 1.82. The van der Waals surface area contributed by atoms with Crippen molar-refractivity contribution in [2.45, 2.75) is 13.0 Å². The predicted molar refractivity (Wildman–Crippen MR) is 69.5 cm³/mol. The van der Waals surface area contributed by atoms with Gasteiger partial charge in [0.2, 0.25) is 0 Å². The molecule has 0 radical (unpaired) electrons. The van der Waals surface area contributed by atoms with Gasteiger partial charge in [0, 0.05) is 24.8 Å². The van der Waals surface area contributed by atoms with Crippen LogP contribution in [0, 0.1) is 0 Å². The third-order valence-corrected chi connectivity index (χ3v) is 2.77. The number of nitrogens with zero attached hydrogens (tertiary/aromatic N) is 3. The van der Waals surface area contributed by atoms with Crippen LogP contribution in [0.2, 0.25) is 0 Å². The number of hydrogen-bond donors (Lipinski definition) is 1. The number of aliphatic hydroxyl groups excluding tert-OH is 1. The van der Waals surface area contributed by atoms with E-state index in [0.717, 1.165) is 22.8 Å². The van der Waals surface area contributed by atoms with E-state index < -0.39 is 0 Å². The number of hydrogen-bond acceptors (Lipinski definition) is 5. The van der Waals surface area contributed by atoms with Crippen molar-refractivity contribution < 1.29 is 14.6 Å². The number of aliphatic hydroxyl groups is 1. The molecule has 0 saturated carbocycles. The Balaban J connectivity index is 2.20. The lowest BCUT2D eigenvalue weighted by atomic mass is 10.2. The first-order valence-electron chi connectivity index (χ1n) is 5.97. The first-order chi connectivity index (χ1) is 9.26. The summed E-state index contributed by atoms with van der Waals surface area (Å²) in [5.41, 5.74) is 1.73. The van der Waals surface area contributed by atoms with E-state index in [-0.39, 0.29) is 6.61 Å². The van der Waals surface area contributed by atoms with Crippen molar-refractivity contribution in [3.63, 3.8) is 0 Å². The summed E-state index contributed by atoms with van der Waals surface area (Å²) in [5, 5.41) is 16.9. The number of methoxy groups -OCH3 is 2. The zero-order valence-electron chi connectivity index (χ0n) is 11.0. The largest absolute Gasteiger partial charge is 0.497 e. The van der Waals surface area contributed by atoms with E-state index in [1.807, 2.05) is 24.4 Å². The molecule has 0 bridgehead atoms. The van der Waals surface area contributed by atoms with Gasteiger partial charge in [-0.25, -0.2) is 4.68 Å². The van der Waals surface area contributed by atoms with Crippen LogP contribution in [0.4, 0.5) is 0 Å². The summed E-state index contributed by atoms with van der Waals surface area (Å²) >= 11 is 0. The van der Waals surface area contributed by atoms with Crippen molar-refractivity contribution in [1.82, 2.24) is 15.0 Å². The van der Waals surface area contributed by atoms with Gasteiger partial charge in [-0.2, -0.15) is 0 Å². The number of benzene rings is 1. The molecule has 102 valence electrons. The Morgan fingerprint density at radius 1 is 1.26 bits per heavy atom.